The zero-order chi connectivity index (χ0) is 8.55. The van der Waals surface area contributed by atoms with Gasteiger partial charge < -0.3 is 5.84 Å². The highest BCUT2D eigenvalue weighted by Gasteiger charge is 2.33. The second-order valence-electron chi connectivity index (χ2n) is 2.99. The predicted octanol–water partition coefficient (Wildman–Crippen LogP) is -0.413. The van der Waals surface area contributed by atoms with E-state index in [1.54, 1.807) is 0 Å². The summed E-state index contributed by atoms with van der Waals surface area (Å²) in [6, 6.07) is 0. The number of carbonyl (C=O) groups is 1. The molecule has 1 aliphatic carbocycles. The van der Waals surface area contributed by atoms with E-state index in [0.717, 1.165) is 25.0 Å². The summed E-state index contributed by atoms with van der Waals surface area (Å²) in [4.78, 5) is 15.4. The zero-order valence-electron chi connectivity index (χ0n) is 6.58. The summed E-state index contributed by atoms with van der Waals surface area (Å²) in [6.07, 6.45) is 2.84. The summed E-state index contributed by atoms with van der Waals surface area (Å²) in [5.74, 6) is 5.23. The van der Waals surface area contributed by atoms with E-state index in [0.29, 0.717) is 0 Å². The highest BCUT2D eigenvalue weighted by molar-refractivity contribution is 6.18. The van der Waals surface area contributed by atoms with Gasteiger partial charge >= 0.3 is 0 Å². The Morgan fingerprint density at radius 2 is 2.50 bits per heavy atom. The van der Waals surface area contributed by atoms with E-state index in [4.69, 9.17) is 5.84 Å². The molecule has 1 saturated carbocycles. The van der Waals surface area contributed by atoms with Gasteiger partial charge in [-0.15, -0.1) is 5.10 Å². The fraction of sp³-hybridized carbons (Fsp3) is 0.571. The molecule has 0 aromatic carbocycles. The topological polar surface area (TPSA) is 79.8 Å². The Labute approximate surface area is 69.7 Å². The second kappa shape index (κ2) is 2.58. The number of hydrogen-bond acceptors (Lipinski definition) is 3. The number of nitrogens with one attached hydrogen (secondary N) is 1. The van der Waals surface area contributed by atoms with Crippen molar-refractivity contribution in [3.63, 3.8) is 0 Å². The molecule has 1 fully saturated rings. The van der Waals surface area contributed by atoms with Crippen molar-refractivity contribution in [3.8, 4) is 0 Å². The van der Waals surface area contributed by atoms with Crippen LogP contribution >= 0.6 is 0 Å². The molecule has 0 radical (unpaired) electrons. The van der Waals surface area contributed by atoms with Gasteiger partial charge in [0.2, 0.25) is 11.9 Å². The molecule has 2 aliphatic rings. The van der Waals surface area contributed by atoms with Crippen molar-refractivity contribution >= 4 is 17.6 Å². The minimum atomic E-state index is -0.0181. The van der Waals surface area contributed by atoms with Crippen LogP contribution in [0.15, 0.2) is 10.1 Å². The van der Waals surface area contributed by atoms with Gasteiger partial charge in [-0.05, 0) is 19.3 Å². The Bertz CT molecular complexity index is 281. The molecule has 1 aliphatic heterocycles. The van der Waals surface area contributed by atoms with E-state index in [2.05, 4.69) is 15.4 Å². The largest absolute Gasteiger partial charge is 0.320 e. The van der Waals surface area contributed by atoms with Crippen LogP contribution in [0.5, 0.6) is 0 Å². The molecule has 1 amide bonds. The third-order valence-corrected chi connectivity index (χ3v) is 2.25. The number of nitrogens with two attached hydrogens (primary N) is 1. The van der Waals surface area contributed by atoms with Gasteiger partial charge in [0, 0.05) is 5.71 Å². The maximum atomic E-state index is 11.3. The van der Waals surface area contributed by atoms with Crippen LogP contribution < -0.4 is 11.2 Å². The van der Waals surface area contributed by atoms with Crippen LogP contribution in [0.4, 0.5) is 0 Å². The molecule has 5 nitrogen and oxygen atoms in total. The maximum Gasteiger partial charge on any atom is 0.246 e. The minimum absolute atomic E-state index is 0.0123. The maximum absolute atomic E-state index is 11.3. The van der Waals surface area contributed by atoms with E-state index in [9.17, 15) is 4.79 Å². The summed E-state index contributed by atoms with van der Waals surface area (Å²) >= 11 is 0. The first kappa shape index (κ1) is 7.27. The molecule has 5 heteroatoms. The molecule has 0 bridgehead atoms. The molecular formula is C7H10N4O. The summed E-state index contributed by atoms with van der Waals surface area (Å²) in [6.45, 7) is 0. The first-order valence-corrected chi connectivity index (χ1v) is 3.97. The highest BCUT2D eigenvalue weighted by atomic mass is 16.2. The van der Waals surface area contributed by atoms with Crippen molar-refractivity contribution in [1.29, 1.82) is 0 Å². The standard InChI is InChI=1S/C7H10N4O/c8-11-7-9-5-3-1-2-4(5)6(12)10-7/h4H,1-3,8H2,(H,10,11,12). The van der Waals surface area contributed by atoms with Crippen LogP contribution in [-0.2, 0) is 4.79 Å². The van der Waals surface area contributed by atoms with Gasteiger partial charge in [-0.25, -0.2) is 4.99 Å². The van der Waals surface area contributed by atoms with Gasteiger partial charge in [0.15, 0.2) is 0 Å². The van der Waals surface area contributed by atoms with Crippen molar-refractivity contribution < 1.29 is 4.79 Å². The van der Waals surface area contributed by atoms with Crippen molar-refractivity contribution in [1.82, 2.24) is 5.32 Å². The molecule has 64 valence electrons. The van der Waals surface area contributed by atoms with Crippen LogP contribution in [0, 0.1) is 5.92 Å². The fourth-order valence-electron chi connectivity index (χ4n) is 1.67. The smallest absolute Gasteiger partial charge is 0.246 e. The molecule has 1 unspecified atom stereocenters. The molecule has 0 saturated heterocycles. The Kier molecular flexibility index (Phi) is 1.56. The zero-order valence-corrected chi connectivity index (χ0v) is 6.58. The number of guanidine groups is 1. The first-order chi connectivity index (χ1) is 5.81. The van der Waals surface area contributed by atoms with Gasteiger partial charge in [-0.1, -0.05) is 0 Å². The Hall–Kier alpha value is -1.39. The number of fused-ring (bicyclic) bond motifs is 1. The van der Waals surface area contributed by atoms with E-state index < -0.39 is 0 Å². The molecule has 0 spiro atoms. The molecule has 0 aromatic heterocycles. The van der Waals surface area contributed by atoms with Crippen molar-refractivity contribution in [2.45, 2.75) is 19.3 Å². The molecule has 2 rings (SSSR count). The Morgan fingerprint density at radius 3 is 3.25 bits per heavy atom. The molecular weight excluding hydrogens is 156 g/mol. The number of aliphatic imine (C=N–C) groups is 1. The number of carbonyl (C=O) groups excluding carboxylic acids is 1. The molecule has 1 heterocycles. The summed E-state index contributed by atoms with van der Waals surface area (Å²) in [5, 5.41) is 5.89. The van der Waals surface area contributed by atoms with E-state index in [1.165, 1.54) is 0 Å². The van der Waals surface area contributed by atoms with Gasteiger partial charge in [0.25, 0.3) is 0 Å². The number of amides is 1. The van der Waals surface area contributed by atoms with E-state index in [1.807, 2.05) is 0 Å². The number of nitrogens with zero attached hydrogens (tertiary/aromatic N) is 2. The van der Waals surface area contributed by atoms with Crippen molar-refractivity contribution in [2.75, 3.05) is 0 Å². The van der Waals surface area contributed by atoms with Crippen LogP contribution in [0.1, 0.15) is 19.3 Å². The fourth-order valence-corrected chi connectivity index (χ4v) is 1.67. The average molecular weight is 166 g/mol. The molecule has 12 heavy (non-hydrogen) atoms. The third-order valence-electron chi connectivity index (χ3n) is 2.25. The number of hydrazone groups is 1. The van der Waals surface area contributed by atoms with Gasteiger partial charge in [-0.2, -0.15) is 0 Å². The lowest BCUT2D eigenvalue weighted by Gasteiger charge is -2.16. The van der Waals surface area contributed by atoms with Crippen molar-refractivity contribution in [2.24, 2.45) is 21.9 Å². The number of rotatable bonds is 0. The predicted molar refractivity (Wildman–Crippen MR) is 44.5 cm³/mol. The summed E-state index contributed by atoms with van der Waals surface area (Å²) in [7, 11) is 0. The van der Waals surface area contributed by atoms with Gasteiger partial charge in [0.05, 0.1) is 5.92 Å². The van der Waals surface area contributed by atoms with Crippen LogP contribution in [-0.4, -0.2) is 17.6 Å². The Balaban J connectivity index is 2.33. The second-order valence-corrected chi connectivity index (χ2v) is 2.99. The van der Waals surface area contributed by atoms with Gasteiger partial charge in [-0.3, -0.25) is 10.1 Å². The van der Waals surface area contributed by atoms with Crippen LogP contribution in [0.25, 0.3) is 0 Å². The Morgan fingerprint density at radius 1 is 1.67 bits per heavy atom. The summed E-state index contributed by atoms with van der Waals surface area (Å²) in [5.41, 5.74) is 0.933. The first-order valence-electron chi connectivity index (χ1n) is 3.97. The quantitative estimate of drug-likeness (QED) is 0.379. The molecule has 3 N–H and O–H groups in total. The lowest BCUT2D eigenvalue weighted by molar-refractivity contribution is -0.121. The monoisotopic (exact) mass is 166 g/mol. The average Bonchev–Trinajstić information content (AvgIpc) is 2.52. The van der Waals surface area contributed by atoms with Crippen molar-refractivity contribution in [3.05, 3.63) is 0 Å². The molecule has 1 atom stereocenters. The summed E-state index contributed by atoms with van der Waals surface area (Å²) < 4.78 is 0. The normalized spacial score (nSPS) is 31.3. The number of hydrogen-bond donors (Lipinski definition) is 2. The SMILES string of the molecule is N/N=C1/N=C2CCCC2C(=O)N1. The highest BCUT2D eigenvalue weighted by Crippen LogP contribution is 2.24. The van der Waals surface area contributed by atoms with Gasteiger partial charge in [0.1, 0.15) is 0 Å². The van der Waals surface area contributed by atoms with Crippen LogP contribution in [0.3, 0.4) is 0 Å². The third kappa shape index (κ3) is 0.975. The lowest BCUT2D eigenvalue weighted by atomic mass is 10.1. The van der Waals surface area contributed by atoms with Crippen LogP contribution in [0.2, 0.25) is 0 Å². The lowest BCUT2D eigenvalue weighted by Crippen LogP contribution is -2.42. The molecule has 0 aromatic rings. The van der Waals surface area contributed by atoms with E-state index in [-0.39, 0.29) is 17.8 Å². The minimum Gasteiger partial charge on any atom is -0.320 e. The van der Waals surface area contributed by atoms with E-state index >= 15 is 0 Å².